The first-order valence-corrected chi connectivity index (χ1v) is 9.53. The molecule has 0 bridgehead atoms. The molecule has 25 heavy (non-hydrogen) atoms. The van der Waals surface area contributed by atoms with E-state index < -0.39 is 16.0 Å². The fourth-order valence-corrected chi connectivity index (χ4v) is 3.49. The number of carbonyl (C=O) groups is 1. The number of ether oxygens (including phenoxy) is 2. The van der Waals surface area contributed by atoms with Gasteiger partial charge in [0.1, 0.15) is 12.4 Å². The molecule has 1 heterocycles. The number of fused-ring (bicyclic) bond motifs is 1. The van der Waals surface area contributed by atoms with E-state index in [-0.39, 0.29) is 11.5 Å². The van der Waals surface area contributed by atoms with Crippen molar-refractivity contribution in [2.45, 2.75) is 31.3 Å². The number of benzene rings is 2. The lowest BCUT2D eigenvalue weighted by Crippen LogP contribution is -2.13. The van der Waals surface area contributed by atoms with Crippen LogP contribution in [0.4, 0.5) is 5.69 Å². The van der Waals surface area contributed by atoms with Gasteiger partial charge in [-0.25, -0.2) is 13.2 Å². The number of hydrogen-bond donors (Lipinski definition) is 1. The quantitative estimate of drug-likeness (QED) is 0.604. The highest BCUT2D eigenvalue weighted by Crippen LogP contribution is 2.25. The number of esters is 1. The molecule has 0 aliphatic carbocycles. The minimum Gasteiger partial charge on any atom is -0.494 e. The number of hydrogen-bond acceptors (Lipinski definition) is 5. The van der Waals surface area contributed by atoms with Crippen molar-refractivity contribution < 1.29 is 22.7 Å². The summed E-state index contributed by atoms with van der Waals surface area (Å²) in [6.45, 7) is 2.90. The van der Waals surface area contributed by atoms with Gasteiger partial charge in [0, 0.05) is 11.3 Å². The number of unbranched alkanes of at least 4 members (excludes halogenated alkanes) is 1. The molecule has 2 aromatic rings. The van der Waals surface area contributed by atoms with E-state index >= 15 is 0 Å². The van der Waals surface area contributed by atoms with Crippen molar-refractivity contribution in [3.8, 4) is 5.75 Å². The number of cyclic esters (lactones) is 1. The Labute approximate surface area is 146 Å². The van der Waals surface area contributed by atoms with Crippen molar-refractivity contribution in [1.29, 1.82) is 0 Å². The summed E-state index contributed by atoms with van der Waals surface area (Å²) in [5.41, 5.74) is 1.46. The monoisotopic (exact) mass is 361 g/mol. The summed E-state index contributed by atoms with van der Waals surface area (Å²) in [5.74, 6) is 0.192. The first-order valence-electron chi connectivity index (χ1n) is 8.05. The molecule has 6 nitrogen and oxygen atoms in total. The first kappa shape index (κ1) is 17.3. The fourth-order valence-electron chi connectivity index (χ4n) is 2.44. The van der Waals surface area contributed by atoms with Gasteiger partial charge in [0.2, 0.25) is 0 Å². The molecular weight excluding hydrogens is 342 g/mol. The molecule has 0 aromatic heterocycles. The smallest absolute Gasteiger partial charge is 0.338 e. The topological polar surface area (TPSA) is 81.7 Å². The molecule has 7 heteroatoms. The van der Waals surface area contributed by atoms with Gasteiger partial charge in [-0.05, 0) is 42.8 Å². The van der Waals surface area contributed by atoms with Crippen molar-refractivity contribution in [3.05, 3.63) is 53.6 Å². The zero-order chi connectivity index (χ0) is 17.9. The number of carbonyl (C=O) groups excluding carboxylic acids is 1. The minimum absolute atomic E-state index is 0.124. The zero-order valence-corrected chi connectivity index (χ0v) is 14.6. The lowest BCUT2D eigenvalue weighted by molar-refractivity contribution is 0.0535. The summed E-state index contributed by atoms with van der Waals surface area (Å²) in [5, 5.41) is 0. The van der Waals surface area contributed by atoms with E-state index in [0.29, 0.717) is 23.6 Å². The number of rotatable bonds is 7. The van der Waals surface area contributed by atoms with Crippen LogP contribution >= 0.6 is 0 Å². The molecule has 0 amide bonds. The van der Waals surface area contributed by atoms with Crippen LogP contribution in [-0.2, 0) is 21.4 Å². The van der Waals surface area contributed by atoms with E-state index in [9.17, 15) is 13.2 Å². The molecule has 1 N–H and O–H groups in total. The van der Waals surface area contributed by atoms with E-state index in [4.69, 9.17) is 9.47 Å². The van der Waals surface area contributed by atoms with Gasteiger partial charge in [-0.2, -0.15) is 0 Å². The van der Waals surface area contributed by atoms with Gasteiger partial charge < -0.3 is 9.47 Å². The highest BCUT2D eigenvalue weighted by Gasteiger charge is 2.22. The zero-order valence-electron chi connectivity index (χ0n) is 13.8. The van der Waals surface area contributed by atoms with Crippen LogP contribution in [0.2, 0.25) is 0 Å². The van der Waals surface area contributed by atoms with Crippen molar-refractivity contribution >= 4 is 21.7 Å². The maximum atomic E-state index is 12.5. The van der Waals surface area contributed by atoms with Crippen LogP contribution in [0.5, 0.6) is 5.75 Å². The molecule has 0 saturated heterocycles. The normalized spacial score (nSPS) is 13.2. The highest BCUT2D eigenvalue weighted by molar-refractivity contribution is 7.92. The Bertz CT molecular complexity index is 875. The van der Waals surface area contributed by atoms with Gasteiger partial charge in [0.25, 0.3) is 10.0 Å². The van der Waals surface area contributed by atoms with Gasteiger partial charge in [0.15, 0.2) is 0 Å². The highest BCUT2D eigenvalue weighted by atomic mass is 32.2. The molecule has 1 aliphatic rings. The Morgan fingerprint density at radius 1 is 1.16 bits per heavy atom. The van der Waals surface area contributed by atoms with E-state index in [1.165, 1.54) is 18.2 Å². The van der Waals surface area contributed by atoms with Gasteiger partial charge in [-0.1, -0.05) is 19.4 Å². The van der Waals surface area contributed by atoms with Crippen molar-refractivity contribution in [2.75, 3.05) is 11.3 Å². The lowest BCUT2D eigenvalue weighted by Gasteiger charge is -2.10. The predicted molar refractivity (Wildman–Crippen MR) is 93.2 cm³/mol. The van der Waals surface area contributed by atoms with Gasteiger partial charge in [-0.15, -0.1) is 0 Å². The molecule has 0 atom stereocenters. The first-order chi connectivity index (χ1) is 12.0. The molecule has 2 aromatic carbocycles. The Morgan fingerprint density at radius 3 is 2.64 bits per heavy atom. The Kier molecular flexibility index (Phi) is 4.94. The van der Waals surface area contributed by atoms with Crippen molar-refractivity contribution in [2.24, 2.45) is 0 Å². The van der Waals surface area contributed by atoms with Gasteiger partial charge in [-0.3, -0.25) is 4.72 Å². The van der Waals surface area contributed by atoms with E-state index in [1.54, 1.807) is 24.3 Å². The molecular formula is C18H19NO5S. The van der Waals surface area contributed by atoms with E-state index in [2.05, 4.69) is 11.6 Å². The molecule has 132 valence electrons. The molecule has 0 spiro atoms. The molecule has 0 unspecified atom stereocenters. The van der Waals surface area contributed by atoms with Gasteiger partial charge in [0.05, 0.1) is 17.1 Å². The minimum atomic E-state index is -3.75. The average Bonchev–Trinajstić information content (AvgIpc) is 2.96. The SMILES string of the molecule is CCCCOc1ccc(S(=O)(=O)Nc2ccc3c(c2)C(=O)OC3)cc1. The maximum absolute atomic E-state index is 12.5. The van der Waals surface area contributed by atoms with Crippen LogP contribution in [0, 0.1) is 0 Å². The molecule has 1 aliphatic heterocycles. The van der Waals surface area contributed by atoms with Crippen LogP contribution in [-0.4, -0.2) is 21.0 Å². The Hall–Kier alpha value is -2.54. The van der Waals surface area contributed by atoms with Crippen molar-refractivity contribution in [1.82, 2.24) is 0 Å². The Morgan fingerprint density at radius 2 is 1.92 bits per heavy atom. The van der Waals surface area contributed by atoms with Crippen LogP contribution in [0.3, 0.4) is 0 Å². The van der Waals surface area contributed by atoms with Gasteiger partial charge >= 0.3 is 5.97 Å². The van der Waals surface area contributed by atoms with Crippen LogP contribution < -0.4 is 9.46 Å². The summed E-state index contributed by atoms with van der Waals surface area (Å²) in [6, 6.07) is 11.0. The largest absolute Gasteiger partial charge is 0.494 e. The summed E-state index contributed by atoms with van der Waals surface area (Å²) < 4.78 is 37.9. The summed E-state index contributed by atoms with van der Waals surface area (Å²) in [7, 11) is -3.75. The second-order valence-corrected chi connectivity index (χ2v) is 7.41. The molecule has 0 radical (unpaired) electrons. The number of nitrogens with one attached hydrogen (secondary N) is 1. The fraction of sp³-hybridized carbons (Fsp3) is 0.278. The second-order valence-electron chi connectivity index (χ2n) is 5.73. The Balaban J connectivity index is 1.74. The van der Waals surface area contributed by atoms with Crippen molar-refractivity contribution in [3.63, 3.8) is 0 Å². The third-order valence-electron chi connectivity index (χ3n) is 3.84. The van der Waals surface area contributed by atoms with Crippen LogP contribution in [0.15, 0.2) is 47.4 Å². The molecule has 0 saturated carbocycles. The maximum Gasteiger partial charge on any atom is 0.338 e. The number of anilines is 1. The lowest BCUT2D eigenvalue weighted by atomic mass is 10.1. The third-order valence-corrected chi connectivity index (χ3v) is 5.24. The molecule has 0 fully saturated rings. The summed E-state index contributed by atoms with van der Waals surface area (Å²) >= 11 is 0. The summed E-state index contributed by atoms with van der Waals surface area (Å²) in [6.07, 6.45) is 1.98. The average molecular weight is 361 g/mol. The number of sulfonamides is 1. The second kappa shape index (κ2) is 7.14. The van der Waals surface area contributed by atoms with Crippen LogP contribution in [0.1, 0.15) is 35.7 Å². The third kappa shape index (κ3) is 3.93. The van der Waals surface area contributed by atoms with E-state index in [1.807, 2.05) is 0 Å². The molecule has 3 rings (SSSR count). The summed E-state index contributed by atoms with van der Waals surface area (Å²) in [4.78, 5) is 11.7. The van der Waals surface area contributed by atoms with E-state index in [0.717, 1.165) is 18.4 Å². The van der Waals surface area contributed by atoms with Crippen LogP contribution in [0.25, 0.3) is 0 Å². The standard InChI is InChI=1S/C18H19NO5S/c1-2-3-10-23-15-6-8-16(9-7-15)25(21,22)19-14-5-4-13-12-24-18(20)17(13)11-14/h4-9,11,19H,2-3,10,12H2,1H3. The predicted octanol–water partition coefficient (Wildman–Crippen LogP) is 3.34.